The standard InChI is InChI=1S/C11H11F2NO3S/c12-8-3-4-10(13)11(6-8)18(16,17)14-5-1-2-9(15)7-14/h3-4,6H,1-2,5,7H2. The maximum absolute atomic E-state index is 13.5. The molecule has 1 aromatic rings. The van der Waals surface area contributed by atoms with Crippen molar-refractivity contribution in [2.24, 2.45) is 0 Å². The smallest absolute Gasteiger partial charge is 0.246 e. The predicted octanol–water partition coefficient (Wildman–Crippen LogP) is 1.32. The molecule has 1 saturated heterocycles. The summed E-state index contributed by atoms with van der Waals surface area (Å²) < 4.78 is 51.5. The van der Waals surface area contributed by atoms with E-state index in [1.807, 2.05) is 0 Å². The number of ketones is 1. The van der Waals surface area contributed by atoms with E-state index >= 15 is 0 Å². The van der Waals surface area contributed by atoms with E-state index in [9.17, 15) is 22.0 Å². The van der Waals surface area contributed by atoms with Crippen LogP contribution >= 0.6 is 0 Å². The predicted molar refractivity (Wildman–Crippen MR) is 59.4 cm³/mol. The number of hydrogen-bond donors (Lipinski definition) is 0. The van der Waals surface area contributed by atoms with E-state index in [0.717, 1.165) is 16.4 Å². The lowest BCUT2D eigenvalue weighted by Crippen LogP contribution is -2.40. The van der Waals surface area contributed by atoms with Crippen molar-refractivity contribution in [2.75, 3.05) is 13.1 Å². The number of Topliss-reactive ketones (excluding diaryl/α,β-unsaturated/α-hetero) is 1. The van der Waals surface area contributed by atoms with Crippen LogP contribution in [0.25, 0.3) is 0 Å². The number of rotatable bonds is 2. The van der Waals surface area contributed by atoms with E-state index in [-0.39, 0.29) is 18.9 Å². The molecule has 0 bridgehead atoms. The second-order valence-electron chi connectivity index (χ2n) is 4.06. The largest absolute Gasteiger partial charge is 0.298 e. The Kier molecular flexibility index (Phi) is 3.45. The molecule has 0 saturated carbocycles. The van der Waals surface area contributed by atoms with Crippen LogP contribution < -0.4 is 0 Å². The van der Waals surface area contributed by atoms with E-state index in [4.69, 9.17) is 0 Å². The van der Waals surface area contributed by atoms with E-state index < -0.39 is 26.6 Å². The molecule has 0 aliphatic carbocycles. The molecule has 0 unspecified atom stereocenters. The lowest BCUT2D eigenvalue weighted by atomic mass is 10.1. The van der Waals surface area contributed by atoms with Crippen molar-refractivity contribution < 1.29 is 22.0 Å². The lowest BCUT2D eigenvalue weighted by molar-refractivity contribution is -0.120. The SMILES string of the molecule is O=C1CCCN(S(=O)(=O)c2cc(F)ccc2F)C1. The Morgan fingerprint density at radius 3 is 2.61 bits per heavy atom. The molecule has 1 aliphatic rings. The molecule has 98 valence electrons. The topological polar surface area (TPSA) is 54.5 Å². The van der Waals surface area contributed by atoms with Gasteiger partial charge < -0.3 is 0 Å². The zero-order chi connectivity index (χ0) is 13.3. The highest BCUT2D eigenvalue weighted by Crippen LogP contribution is 2.22. The quantitative estimate of drug-likeness (QED) is 0.818. The van der Waals surface area contributed by atoms with E-state index in [1.54, 1.807) is 0 Å². The van der Waals surface area contributed by atoms with Gasteiger partial charge in [-0.3, -0.25) is 4.79 Å². The Balaban J connectivity index is 2.41. The Morgan fingerprint density at radius 2 is 1.94 bits per heavy atom. The molecule has 18 heavy (non-hydrogen) atoms. The Labute approximate surface area is 103 Å². The van der Waals surface area contributed by atoms with Gasteiger partial charge in [0.2, 0.25) is 10.0 Å². The average molecular weight is 275 g/mol. The van der Waals surface area contributed by atoms with Gasteiger partial charge in [0.05, 0.1) is 6.54 Å². The number of hydrogen-bond acceptors (Lipinski definition) is 3. The number of piperidine rings is 1. The van der Waals surface area contributed by atoms with Crippen molar-refractivity contribution in [1.82, 2.24) is 4.31 Å². The minimum Gasteiger partial charge on any atom is -0.298 e. The Bertz CT molecular complexity index is 586. The van der Waals surface area contributed by atoms with E-state index in [1.165, 1.54) is 0 Å². The highest BCUT2D eigenvalue weighted by molar-refractivity contribution is 7.89. The zero-order valence-corrected chi connectivity index (χ0v) is 10.2. The van der Waals surface area contributed by atoms with Crippen LogP contribution in [-0.2, 0) is 14.8 Å². The fourth-order valence-corrected chi connectivity index (χ4v) is 3.36. The van der Waals surface area contributed by atoms with Gasteiger partial charge in [0.15, 0.2) is 0 Å². The number of sulfonamides is 1. The summed E-state index contributed by atoms with van der Waals surface area (Å²) in [5.41, 5.74) is 0. The van der Waals surface area contributed by atoms with Crippen LogP contribution in [0.15, 0.2) is 23.1 Å². The van der Waals surface area contributed by atoms with Crippen LogP contribution in [0.4, 0.5) is 8.78 Å². The Morgan fingerprint density at radius 1 is 1.22 bits per heavy atom. The maximum atomic E-state index is 13.5. The summed E-state index contributed by atoms with van der Waals surface area (Å²) in [5.74, 6) is -2.07. The van der Waals surface area contributed by atoms with E-state index in [2.05, 4.69) is 0 Å². The number of nitrogens with zero attached hydrogens (tertiary/aromatic N) is 1. The summed E-state index contributed by atoms with van der Waals surface area (Å²) in [6, 6.07) is 2.23. The van der Waals surface area contributed by atoms with Crippen molar-refractivity contribution in [3.05, 3.63) is 29.8 Å². The molecule has 1 fully saturated rings. The summed E-state index contributed by atoms with van der Waals surface area (Å²) in [6.45, 7) is -0.137. The summed E-state index contributed by atoms with van der Waals surface area (Å²) >= 11 is 0. The molecule has 4 nitrogen and oxygen atoms in total. The molecule has 7 heteroatoms. The van der Waals surface area contributed by atoms with Gasteiger partial charge in [-0.2, -0.15) is 4.31 Å². The molecule has 0 N–H and O–H groups in total. The third-order valence-electron chi connectivity index (χ3n) is 2.73. The molecule has 2 rings (SSSR count). The van der Waals surface area contributed by atoms with Crippen molar-refractivity contribution >= 4 is 15.8 Å². The van der Waals surface area contributed by atoms with Crippen LogP contribution in [-0.4, -0.2) is 31.6 Å². The van der Waals surface area contributed by atoms with Crippen molar-refractivity contribution in [2.45, 2.75) is 17.7 Å². The molecule has 0 atom stereocenters. The van der Waals surface area contributed by atoms with E-state index in [0.29, 0.717) is 18.9 Å². The van der Waals surface area contributed by atoms with Crippen LogP contribution in [0, 0.1) is 11.6 Å². The highest BCUT2D eigenvalue weighted by Gasteiger charge is 2.31. The first-order chi connectivity index (χ1) is 8.41. The van der Waals surface area contributed by atoms with Gasteiger partial charge in [-0.05, 0) is 24.6 Å². The highest BCUT2D eigenvalue weighted by atomic mass is 32.2. The van der Waals surface area contributed by atoms with Crippen molar-refractivity contribution in [3.63, 3.8) is 0 Å². The van der Waals surface area contributed by atoms with Gasteiger partial charge in [-0.1, -0.05) is 0 Å². The first kappa shape index (κ1) is 13.1. The number of carbonyl (C=O) groups is 1. The number of halogens is 2. The van der Waals surface area contributed by atoms with Gasteiger partial charge in [-0.25, -0.2) is 17.2 Å². The van der Waals surface area contributed by atoms with Crippen LogP contribution in [0.1, 0.15) is 12.8 Å². The fourth-order valence-electron chi connectivity index (χ4n) is 1.83. The third kappa shape index (κ3) is 2.41. The number of carbonyl (C=O) groups excluding carboxylic acids is 1. The van der Waals surface area contributed by atoms with Gasteiger partial charge in [0.1, 0.15) is 22.3 Å². The third-order valence-corrected chi connectivity index (χ3v) is 4.59. The molecule has 0 amide bonds. The molecular weight excluding hydrogens is 264 g/mol. The first-order valence-corrected chi connectivity index (χ1v) is 6.82. The van der Waals surface area contributed by atoms with Crippen molar-refractivity contribution in [1.29, 1.82) is 0 Å². The van der Waals surface area contributed by atoms with Gasteiger partial charge in [-0.15, -0.1) is 0 Å². The van der Waals surface area contributed by atoms with Crippen LogP contribution in [0.3, 0.4) is 0 Å². The number of benzene rings is 1. The van der Waals surface area contributed by atoms with Gasteiger partial charge >= 0.3 is 0 Å². The lowest BCUT2D eigenvalue weighted by Gasteiger charge is -2.25. The molecule has 1 aromatic carbocycles. The van der Waals surface area contributed by atoms with Gasteiger partial charge in [0.25, 0.3) is 0 Å². The average Bonchev–Trinajstić information content (AvgIpc) is 2.32. The molecule has 0 aromatic heterocycles. The van der Waals surface area contributed by atoms with Crippen LogP contribution in [0.2, 0.25) is 0 Å². The van der Waals surface area contributed by atoms with Gasteiger partial charge in [0, 0.05) is 13.0 Å². The second-order valence-corrected chi connectivity index (χ2v) is 5.96. The zero-order valence-electron chi connectivity index (χ0n) is 9.40. The summed E-state index contributed by atoms with van der Waals surface area (Å²) in [4.78, 5) is 10.5. The van der Waals surface area contributed by atoms with Crippen LogP contribution in [0.5, 0.6) is 0 Å². The minimum absolute atomic E-state index is 0.143. The minimum atomic E-state index is -4.15. The molecule has 0 spiro atoms. The Hall–Kier alpha value is -1.34. The monoisotopic (exact) mass is 275 g/mol. The molecule has 0 radical (unpaired) electrons. The first-order valence-electron chi connectivity index (χ1n) is 5.38. The summed E-state index contributed by atoms with van der Waals surface area (Å²) in [5, 5.41) is 0. The normalized spacial score (nSPS) is 18.0. The summed E-state index contributed by atoms with van der Waals surface area (Å²) in [6.07, 6.45) is 0.715. The second kappa shape index (κ2) is 4.74. The molecular formula is C11H11F2NO3S. The maximum Gasteiger partial charge on any atom is 0.246 e. The molecule has 1 heterocycles. The van der Waals surface area contributed by atoms with Crippen molar-refractivity contribution in [3.8, 4) is 0 Å². The summed E-state index contributed by atoms with van der Waals surface area (Å²) in [7, 11) is -4.15. The molecule has 1 aliphatic heterocycles. The fraction of sp³-hybridized carbons (Fsp3) is 0.364.